The first kappa shape index (κ1) is 18.6. The monoisotopic (exact) mass is 400 g/mol. The van der Waals surface area contributed by atoms with Crippen molar-refractivity contribution in [3.05, 3.63) is 89.5 Å². The van der Waals surface area contributed by atoms with Gasteiger partial charge in [0.2, 0.25) is 0 Å². The van der Waals surface area contributed by atoms with Gasteiger partial charge in [0.15, 0.2) is 0 Å². The highest BCUT2D eigenvalue weighted by atomic mass is 16.2. The average Bonchev–Trinajstić information content (AvgIpc) is 3.50. The van der Waals surface area contributed by atoms with Gasteiger partial charge in [0.25, 0.3) is 11.8 Å². The number of fused-ring (bicyclic) bond motifs is 1. The Morgan fingerprint density at radius 2 is 1.80 bits per heavy atom. The van der Waals surface area contributed by atoms with Crippen LogP contribution < -0.4 is 0 Å². The first-order valence-electron chi connectivity index (χ1n) is 10.3. The second-order valence-electron chi connectivity index (χ2n) is 8.22. The number of hydrogen-bond donors (Lipinski definition) is 1. The van der Waals surface area contributed by atoms with Gasteiger partial charge in [0, 0.05) is 49.6 Å². The molecular formula is C24H24N4O2. The Kier molecular flexibility index (Phi) is 4.62. The molecule has 6 nitrogen and oxygen atoms in total. The van der Waals surface area contributed by atoms with Gasteiger partial charge in [-0.25, -0.2) is 0 Å². The summed E-state index contributed by atoms with van der Waals surface area (Å²) in [5, 5.41) is 0. The van der Waals surface area contributed by atoms with E-state index in [0.29, 0.717) is 30.9 Å². The molecule has 0 unspecified atom stereocenters. The lowest BCUT2D eigenvalue weighted by molar-refractivity contribution is 0.0675. The summed E-state index contributed by atoms with van der Waals surface area (Å²) in [5.41, 5.74) is 3.24. The number of rotatable bonds is 3. The number of aryl methyl sites for hydroxylation is 1. The minimum absolute atomic E-state index is 0.00741. The number of carbonyl (C=O) groups excluding carboxylic acids is 2. The van der Waals surface area contributed by atoms with Crippen molar-refractivity contribution in [2.45, 2.75) is 13.0 Å². The molecule has 2 aliphatic rings. The van der Waals surface area contributed by atoms with Gasteiger partial charge in [0.1, 0.15) is 5.69 Å². The summed E-state index contributed by atoms with van der Waals surface area (Å²) in [5.74, 6) is 0.514. The van der Waals surface area contributed by atoms with Crippen molar-refractivity contribution in [2.75, 3.05) is 19.6 Å². The lowest BCUT2D eigenvalue weighted by Gasteiger charge is -2.30. The molecule has 3 atom stereocenters. The highest BCUT2D eigenvalue weighted by Gasteiger charge is 2.50. The molecular weight excluding hydrogens is 376 g/mol. The Balaban J connectivity index is 1.44. The number of aromatic nitrogens is 2. The summed E-state index contributed by atoms with van der Waals surface area (Å²) < 4.78 is 0. The minimum atomic E-state index is -0.0496. The molecule has 0 bridgehead atoms. The van der Waals surface area contributed by atoms with Crippen LogP contribution in [0.2, 0.25) is 0 Å². The van der Waals surface area contributed by atoms with E-state index < -0.39 is 0 Å². The Morgan fingerprint density at radius 3 is 2.50 bits per heavy atom. The molecule has 2 saturated heterocycles. The van der Waals surface area contributed by atoms with E-state index in [1.807, 2.05) is 59.2 Å². The van der Waals surface area contributed by atoms with Crippen molar-refractivity contribution in [1.82, 2.24) is 19.8 Å². The standard InChI is InChI=1S/C24H24N4O2/c1-16-9-10-18(12-26-16)23(29)28-14-19-13-27(24(30)21-8-5-11-25-21)15-20(19)22(28)17-6-3-2-4-7-17/h2-12,19-20,22,25H,13-15H2,1H3/t19-,20-,22+/m0/s1. The van der Waals surface area contributed by atoms with Crippen LogP contribution in [-0.4, -0.2) is 51.2 Å². The number of H-pyrrole nitrogens is 1. The van der Waals surface area contributed by atoms with E-state index in [2.05, 4.69) is 22.1 Å². The molecule has 2 aromatic heterocycles. The summed E-state index contributed by atoms with van der Waals surface area (Å²) >= 11 is 0. The quantitative estimate of drug-likeness (QED) is 0.733. The van der Waals surface area contributed by atoms with Crippen LogP contribution in [-0.2, 0) is 0 Å². The molecule has 2 amide bonds. The third kappa shape index (κ3) is 3.18. The lowest BCUT2D eigenvalue weighted by Crippen LogP contribution is -2.37. The highest BCUT2D eigenvalue weighted by Crippen LogP contribution is 2.45. The third-order valence-corrected chi connectivity index (χ3v) is 6.34. The Hall–Kier alpha value is -3.41. The Morgan fingerprint density at radius 1 is 0.967 bits per heavy atom. The molecule has 2 aliphatic heterocycles. The van der Waals surface area contributed by atoms with Gasteiger partial charge < -0.3 is 14.8 Å². The summed E-state index contributed by atoms with van der Waals surface area (Å²) in [6.07, 6.45) is 3.43. The van der Waals surface area contributed by atoms with Crippen LogP contribution in [0.5, 0.6) is 0 Å². The maximum Gasteiger partial charge on any atom is 0.270 e. The summed E-state index contributed by atoms with van der Waals surface area (Å²) in [6, 6.07) is 17.5. The molecule has 6 heteroatoms. The number of likely N-dealkylation sites (tertiary alicyclic amines) is 2. The van der Waals surface area contributed by atoms with E-state index in [1.54, 1.807) is 12.4 Å². The maximum atomic E-state index is 13.4. The molecule has 1 aromatic carbocycles. The van der Waals surface area contributed by atoms with Crippen LogP contribution in [0.4, 0.5) is 0 Å². The highest BCUT2D eigenvalue weighted by molar-refractivity contribution is 5.95. The third-order valence-electron chi connectivity index (χ3n) is 6.34. The number of pyridine rings is 1. The van der Waals surface area contributed by atoms with E-state index in [1.165, 1.54) is 0 Å². The van der Waals surface area contributed by atoms with E-state index in [4.69, 9.17) is 0 Å². The van der Waals surface area contributed by atoms with Gasteiger partial charge in [0.05, 0.1) is 11.6 Å². The van der Waals surface area contributed by atoms with E-state index >= 15 is 0 Å². The van der Waals surface area contributed by atoms with Crippen LogP contribution in [0.15, 0.2) is 67.0 Å². The molecule has 2 fully saturated rings. The average molecular weight is 400 g/mol. The molecule has 0 aliphatic carbocycles. The summed E-state index contributed by atoms with van der Waals surface area (Å²) in [7, 11) is 0. The number of amides is 2. The van der Waals surface area contributed by atoms with E-state index in [9.17, 15) is 9.59 Å². The van der Waals surface area contributed by atoms with Gasteiger partial charge in [-0.15, -0.1) is 0 Å². The number of benzene rings is 1. The first-order valence-corrected chi connectivity index (χ1v) is 10.3. The topological polar surface area (TPSA) is 69.3 Å². The molecule has 152 valence electrons. The maximum absolute atomic E-state index is 13.4. The van der Waals surface area contributed by atoms with Gasteiger partial charge in [-0.1, -0.05) is 30.3 Å². The second kappa shape index (κ2) is 7.44. The zero-order valence-corrected chi connectivity index (χ0v) is 16.9. The van der Waals surface area contributed by atoms with Gasteiger partial charge in [-0.2, -0.15) is 0 Å². The predicted molar refractivity (Wildman–Crippen MR) is 113 cm³/mol. The summed E-state index contributed by atoms with van der Waals surface area (Å²) in [4.78, 5) is 37.4. The molecule has 0 spiro atoms. The fourth-order valence-corrected chi connectivity index (χ4v) is 4.89. The predicted octanol–water partition coefficient (Wildman–Crippen LogP) is 3.30. The number of carbonyl (C=O) groups is 2. The smallest absolute Gasteiger partial charge is 0.270 e. The van der Waals surface area contributed by atoms with Crippen molar-refractivity contribution in [3.63, 3.8) is 0 Å². The van der Waals surface area contributed by atoms with Crippen molar-refractivity contribution in [3.8, 4) is 0 Å². The molecule has 0 radical (unpaired) electrons. The van der Waals surface area contributed by atoms with Crippen molar-refractivity contribution < 1.29 is 9.59 Å². The molecule has 1 N–H and O–H groups in total. The van der Waals surface area contributed by atoms with Gasteiger partial charge in [-0.05, 0) is 36.8 Å². The molecule has 30 heavy (non-hydrogen) atoms. The van der Waals surface area contributed by atoms with Crippen LogP contribution >= 0.6 is 0 Å². The van der Waals surface area contributed by atoms with Crippen molar-refractivity contribution >= 4 is 11.8 Å². The fraction of sp³-hybridized carbons (Fsp3) is 0.292. The number of nitrogens with zero attached hydrogens (tertiary/aromatic N) is 3. The lowest BCUT2D eigenvalue weighted by atomic mass is 9.89. The number of nitrogens with one attached hydrogen (secondary N) is 1. The van der Waals surface area contributed by atoms with E-state index in [0.717, 1.165) is 11.3 Å². The van der Waals surface area contributed by atoms with Crippen LogP contribution in [0.3, 0.4) is 0 Å². The Bertz CT molecular complexity index is 1050. The zero-order chi connectivity index (χ0) is 20.7. The molecule has 5 rings (SSSR count). The second-order valence-corrected chi connectivity index (χ2v) is 8.22. The number of hydrogen-bond acceptors (Lipinski definition) is 3. The van der Waals surface area contributed by atoms with Crippen molar-refractivity contribution in [1.29, 1.82) is 0 Å². The van der Waals surface area contributed by atoms with E-state index in [-0.39, 0.29) is 29.7 Å². The Labute approximate surface area is 175 Å². The van der Waals surface area contributed by atoms with Gasteiger partial charge >= 0.3 is 0 Å². The molecule has 0 saturated carbocycles. The fourth-order valence-electron chi connectivity index (χ4n) is 4.89. The normalized spacial score (nSPS) is 22.9. The largest absolute Gasteiger partial charge is 0.357 e. The minimum Gasteiger partial charge on any atom is -0.357 e. The molecule has 4 heterocycles. The molecule has 3 aromatic rings. The first-order chi connectivity index (χ1) is 14.6. The van der Waals surface area contributed by atoms with Crippen molar-refractivity contribution in [2.24, 2.45) is 11.8 Å². The van der Waals surface area contributed by atoms with Gasteiger partial charge in [-0.3, -0.25) is 14.6 Å². The number of aromatic amines is 1. The van der Waals surface area contributed by atoms with Crippen LogP contribution in [0.1, 0.15) is 38.1 Å². The van der Waals surface area contributed by atoms with Crippen LogP contribution in [0, 0.1) is 18.8 Å². The van der Waals surface area contributed by atoms with Crippen LogP contribution in [0.25, 0.3) is 0 Å². The summed E-state index contributed by atoms with van der Waals surface area (Å²) in [6.45, 7) is 3.88. The SMILES string of the molecule is Cc1ccc(C(=O)N2C[C@@H]3CN(C(=O)c4ccc[nH]4)C[C@@H]3[C@H]2c2ccccc2)cn1. The zero-order valence-electron chi connectivity index (χ0n) is 16.9.